The smallest absolute Gasteiger partial charge is 0.224 e. The van der Waals surface area contributed by atoms with Crippen LogP contribution in [0.3, 0.4) is 0 Å². The average Bonchev–Trinajstić information content (AvgIpc) is 2.94. The lowest BCUT2D eigenvalue weighted by molar-refractivity contribution is -0.117. The molecule has 220 valence electrons. The maximum Gasteiger partial charge on any atom is 0.224 e. The van der Waals surface area contributed by atoms with Crippen LogP contribution in [-0.2, 0) is 28.0 Å². The van der Waals surface area contributed by atoms with E-state index >= 15 is 0 Å². The number of Topliss-reactive ketones (excluding diaryl/α,β-unsaturated/α-hetero) is 1. The molecule has 0 aliphatic carbocycles. The van der Waals surface area contributed by atoms with E-state index in [0.717, 1.165) is 65.1 Å². The Morgan fingerprint density at radius 1 is 0.927 bits per heavy atom. The normalized spacial score (nSPS) is 12.0. The Bertz CT molecular complexity index is 1280. The highest BCUT2D eigenvalue weighted by molar-refractivity contribution is 5.92. The molecular formula is C36H47NO4. The molecule has 3 rings (SSSR count). The molecule has 5 nitrogen and oxygen atoms in total. The Kier molecular flexibility index (Phi) is 12.0. The van der Waals surface area contributed by atoms with Gasteiger partial charge in [0.15, 0.2) is 0 Å². The fraction of sp³-hybridized carbons (Fsp3) is 0.444. The van der Waals surface area contributed by atoms with Crippen molar-refractivity contribution in [2.24, 2.45) is 0 Å². The second kappa shape index (κ2) is 15.4. The van der Waals surface area contributed by atoms with Gasteiger partial charge < -0.3 is 19.6 Å². The number of nitrogens with one attached hydrogen (secondary N) is 1. The summed E-state index contributed by atoms with van der Waals surface area (Å²) in [4.78, 5) is 25.1. The number of aryl methyl sites for hydroxylation is 1. The van der Waals surface area contributed by atoms with Crippen LogP contribution in [-0.4, -0.2) is 18.8 Å². The van der Waals surface area contributed by atoms with E-state index in [4.69, 9.17) is 9.47 Å². The third-order valence-electron chi connectivity index (χ3n) is 7.41. The molecule has 5 heteroatoms. The second-order valence-corrected chi connectivity index (χ2v) is 12.0. The molecule has 0 aromatic heterocycles. The first kappa shape index (κ1) is 31.9. The third kappa shape index (κ3) is 10.1. The van der Waals surface area contributed by atoms with Crippen molar-refractivity contribution < 1.29 is 19.1 Å². The Hall–Kier alpha value is -3.60. The van der Waals surface area contributed by atoms with Crippen molar-refractivity contribution in [1.29, 1.82) is 0 Å². The Labute approximate surface area is 246 Å². The van der Waals surface area contributed by atoms with Crippen molar-refractivity contribution in [3.05, 3.63) is 89.0 Å². The molecule has 0 radical (unpaired) electrons. The van der Waals surface area contributed by atoms with Crippen LogP contribution in [0.15, 0.2) is 66.7 Å². The highest BCUT2D eigenvalue weighted by Gasteiger charge is 2.23. The number of amides is 1. The molecule has 0 saturated heterocycles. The lowest BCUT2D eigenvalue weighted by Crippen LogP contribution is -2.21. The summed E-state index contributed by atoms with van der Waals surface area (Å²) in [5, 5.41) is 3.23. The number of anilines is 1. The van der Waals surface area contributed by atoms with Crippen LogP contribution in [0.1, 0.15) is 101 Å². The highest BCUT2D eigenvalue weighted by atomic mass is 16.5. The number of unbranched alkanes of at least 4 members (excludes halogenated alkanes) is 2. The van der Waals surface area contributed by atoms with E-state index in [2.05, 4.69) is 45.1 Å². The van der Waals surface area contributed by atoms with Crippen molar-refractivity contribution in [1.82, 2.24) is 0 Å². The summed E-state index contributed by atoms with van der Waals surface area (Å²) in [6.45, 7) is 10.7. The number of ketones is 1. The number of carbonyl (C=O) groups is 2. The quantitative estimate of drug-likeness (QED) is 0.190. The van der Waals surface area contributed by atoms with Gasteiger partial charge in [-0.2, -0.15) is 0 Å². The van der Waals surface area contributed by atoms with Crippen molar-refractivity contribution in [2.75, 3.05) is 12.4 Å². The molecule has 1 amide bonds. The van der Waals surface area contributed by atoms with Gasteiger partial charge in [-0.15, -0.1) is 0 Å². The first-order valence-electron chi connectivity index (χ1n) is 14.9. The van der Waals surface area contributed by atoms with Crippen molar-refractivity contribution in [3.8, 4) is 11.5 Å². The van der Waals surface area contributed by atoms with E-state index in [1.54, 1.807) is 14.0 Å². The van der Waals surface area contributed by atoms with Gasteiger partial charge in [-0.25, -0.2) is 0 Å². The SMILES string of the molecule is CCCCCC(CC(=O)Nc1cc(CCC(C)=O)ccc1C(C)(C)C)c1ccc(OCc2ccccc2)cc1OC. The second-order valence-electron chi connectivity index (χ2n) is 12.0. The summed E-state index contributed by atoms with van der Waals surface area (Å²) in [7, 11) is 1.67. The van der Waals surface area contributed by atoms with Crippen LogP contribution in [0.2, 0.25) is 0 Å². The van der Waals surface area contributed by atoms with Gasteiger partial charge in [0, 0.05) is 24.6 Å². The highest BCUT2D eigenvalue weighted by Crippen LogP contribution is 2.37. The number of hydrogen-bond donors (Lipinski definition) is 1. The van der Waals surface area contributed by atoms with Gasteiger partial charge in [-0.05, 0) is 65.5 Å². The van der Waals surface area contributed by atoms with Crippen LogP contribution in [0, 0.1) is 0 Å². The van der Waals surface area contributed by atoms with Crippen molar-refractivity contribution >= 4 is 17.4 Å². The van der Waals surface area contributed by atoms with Gasteiger partial charge in [0.1, 0.15) is 23.9 Å². The molecule has 1 atom stereocenters. The minimum Gasteiger partial charge on any atom is -0.496 e. The van der Waals surface area contributed by atoms with Gasteiger partial charge in [0.2, 0.25) is 5.91 Å². The summed E-state index contributed by atoms with van der Waals surface area (Å²) in [6.07, 6.45) is 5.68. The average molecular weight is 558 g/mol. The zero-order chi connectivity index (χ0) is 29.8. The Balaban J connectivity index is 1.81. The zero-order valence-electron chi connectivity index (χ0n) is 25.7. The van der Waals surface area contributed by atoms with Crippen LogP contribution >= 0.6 is 0 Å². The molecule has 0 spiro atoms. The monoisotopic (exact) mass is 557 g/mol. The van der Waals surface area contributed by atoms with Gasteiger partial charge in [0.25, 0.3) is 0 Å². The first-order chi connectivity index (χ1) is 19.6. The van der Waals surface area contributed by atoms with E-state index in [-0.39, 0.29) is 23.0 Å². The predicted octanol–water partition coefficient (Wildman–Crippen LogP) is 8.79. The van der Waals surface area contributed by atoms with Gasteiger partial charge in [-0.3, -0.25) is 4.79 Å². The summed E-state index contributed by atoms with van der Waals surface area (Å²) < 4.78 is 11.9. The lowest BCUT2D eigenvalue weighted by Gasteiger charge is -2.25. The molecule has 1 N–H and O–H groups in total. The molecule has 0 heterocycles. The molecule has 0 bridgehead atoms. The van der Waals surface area contributed by atoms with E-state index in [1.807, 2.05) is 54.6 Å². The van der Waals surface area contributed by atoms with E-state index in [0.29, 0.717) is 25.9 Å². The zero-order valence-corrected chi connectivity index (χ0v) is 25.7. The maximum absolute atomic E-state index is 13.6. The largest absolute Gasteiger partial charge is 0.496 e. The number of carbonyl (C=O) groups excluding carboxylic acids is 2. The molecule has 0 saturated carbocycles. The van der Waals surface area contributed by atoms with Crippen molar-refractivity contribution in [3.63, 3.8) is 0 Å². The molecule has 1 unspecified atom stereocenters. The number of rotatable bonds is 15. The molecule has 3 aromatic carbocycles. The fourth-order valence-corrected chi connectivity index (χ4v) is 5.12. The van der Waals surface area contributed by atoms with Crippen molar-refractivity contribution in [2.45, 2.75) is 97.5 Å². The Morgan fingerprint density at radius 2 is 1.68 bits per heavy atom. The van der Waals surface area contributed by atoms with Crippen LogP contribution in [0.5, 0.6) is 11.5 Å². The molecule has 3 aromatic rings. The van der Waals surface area contributed by atoms with E-state index < -0.39 is 0 Å². The fourth-order valence-electron chi connectivity index (χ4n) is 5.12. The van der Waals surface area contributed by atoms with Gasteiger partial charge in [0.05, 0.1) is 7.11 Å². The standard InChI is InChI=1S/C36H47NO4/c1-7-8-10-15-29(31-20-19-30(24-34(31)40-6)41-25-28-13-11-9-12-14-28)23-35(39)37-33-22-27(17-16-26(2)38)18-21-32(33)36(3,4)5/h9,11-14,18-22,24,29H,7-8,10,15-17,23,25H2,1-6H3,(H,37,39). The summed E-state index contributed by atoms with van der Waals surface area (Å²) in [5.74, 6) is 1.64. The molecule has 0 aliphatic rings. The van der Waals surface area contributed by atoms with Gasteiger partial charge >= 0.3 is 0 Å². The number of benzene rings is 3. The Morgan fingerprint density at radius 3 is 2.34 bits per heavy atom. The molecule has 0 aliphatic heterocycles. The van der Waals surface area contributed by atoms with Gasteiger partial charge in [-0.1, -0.05) is 95.5 Å². The molecule has 41 heavy (non-hydrogen) atoms. The summed E-state index contributed by atoms with van der Waals surface area (Å²) in [5.41, 5.74) is 4.95. The van der Waals surface area contributed by atoms with Crippen LogP contribution in [0.4, 0.5) is 5.69 Å². The molecular weight excluding hydrogens is 510 g/mol. The summed E-state index contributed by atoms with van der Waals surface area (Å²) in [6, 6.07) is 22.2. The number of methoxy groups -OCH3 is 1. The summed E-state index contributed by atoms with van der Waals surface area (Å²) >= 11 is 0. The predicted molar refractivity (Wildman–Crippen MR) is 168 cm³/mol. The number of ether oxygens (including phenoxy) is 2. The minimum absolute atomic E-state index is 0.0126. The topological polar surface area (TPSA) is 64.6 Å². The number of hydrogen-bond acceptors (Lipinski definition) is 4. The third-order valence-corrected chi connectivity index (χ3v) is 7.41. The first-order valence-corrected chi connectivity index (χ1v) is 14.9. The maximum atomic E-state index is 13.6. The van der Waals surface area contributed by atoms with Crippen LogP contribution < -0.4 is 14.8 Å². The minimum atomic E-state index is -0.138. The molecule has 0 fully saturated rings. The lowest BCUT2D eigenvalue weighted by atomic mass is 9.84. The van der Waals surface area contributed by atoms with E-state index in [1.165, 1.54) is 0 Å². The van der Waals surface area contributed by atoms with E-state index in [9.17, 15) is 9.59 Å². The van der Waals surface area contributed by atoms with Crippen LogP contribution in [0.25, 0.3) is 0 Å².